The molecule has 0 aliphatic rings. The number of aromatic nitrogens is 1. The first-order valence-electron chi connectivity index (χ1n) is 9.63. The summed E-state index contributed by atoms with van der Waals surface area (Å²) in [6, 6.07) is 25.7. The summed E-state index contributed by atoms with van der Waals surface area (Å²) in [6.45, 7) is 2.01. The van der Waals surface area contributed by atoms with Crippen LogP contribution in [-0.4, -0.2) is 22.0 Å². The van der Waals surface area contributed by atoms with Gasteiger partial charge in [-0.25, -0.2) is 9.98 Å². The van der Waals surface area contributed by atoms with Gasteiger partial charge in [-0.05, 0) is 31.2 Å². The molecule has 0 aliphatic heterocycles. The topological polar surface area (TPSA) is 92.8 Å². The van der Waals surface area contributed by atoms with Gasteiger partial charge in [0.25, 0.3) is 5.69 Å². The van der Waals surface area contributed by atoms with Crippen molar-refractivity contribution in [2.45, 2.75) is 6.92 Å². The molecule has 0 bridgehead atoms. The van der Waals surface area contributed by atoms with Crippen LogP contribution in [0.15, 0.2) is 95.0 Å². The van der Waals surface area contributed by atoms with Crippen molar-refractivity contribution in [3.8, 4) is 0 Å². The van der Waals surface area contributed by atoms with E-state index < -0.39 is 4.92 Å². The van der Waals surface area contributed by atoms with Gasteiger partial charge in [0.2, 0.25) is 0 Å². The van der Waals surface area contributed by atoms with Crippen LogP contribution < -0.4 is 5.43 Å². The summed E-state index contributed by atoms with van der Waals surface area (Å²) in [6.07, 6.45) is 1.51. The van der Waals surface area contributed by atoms with Gasteiger partial charge >= 0.3 is 0 Å². The highest BCUT2D eigenvalue weighted by Gasteiger charge is 2.07. The van der Waals surface area contributed by atoms with Crippen molar-refractivity contribution < 1.29 is 4.92 Å². The number of non-ortho nitro benzene ring substituents is 1. The second-order valence-electron chi connectivity index (χ2n) is 6.91. The van der Waals surface area contributed by atoms with Crippen molar-refractivity contribution in [2.75, 3.05) is 0 Å². The smallest absolute Gasteiger partial charge is 0.260 e. The number of aryl methyl sites for hydroxylation is 1. The van der Waals surface area contributed by atoms with Crippen LogP contribution in [0, 0.1) is 17.0 Å². The zero-order valence-corrected chi connectivity index (χ0v) is 16.8. The van der Waals surface area contributed by atoms with E-state index in [9.17, 15) is 10.1 Å². The summed E-state index contributed by atoms with van der Waals surface area (Å²) in [7, 11) is 0. The van der Waals surface area contributed by atoms with E-state index in [-0.39, 0.29) is 5.69 Å². The Morgan fingerprint density at radius 1 is 1.00 bits per heavy atom. The minimum Gasteiger partial charge on any atom is -0.260 e. The van der Waals surface area contributed by atoms with E-state index in [2.05, 4.69) is 15.5 Å². The van der Waals surface area contributed by atoms with Gasteiger partial charge < -0.3 is 0 Å². The average molecular weight is 409 g/mol. The number of hydrogen-bond donors (Lipinski definition) is 1. The van der Waals surface area contributed by atoms with E-state index in [0.29, 0.717) is 17.1 Å². The van der Waals surface area contributed by atoms with Gasteiger partial charge in [0, 0.05) is 23.1 Å². The van der Waals surface area contributed by atoms with Crippen LogP contribution in [-0.2, 0) is 0 Å². The molecule has 0 aliphatic carbocycles. The maximum absolute atomic E-state index is 11.0. The molecule has 1 N–H and O–H groups in total. The van der Waals surface area contributed by atoms with Crippen LogP contribution in [0.25, 0.3) is 10.9 Å². The van der Waals surface area contributed by atoms with Gasteiger partial charge in [-0.2, -0.15) is 5.10 Å². The summed E-state index contributed by atoms with van der Waals surface area (Å²) in [5.41, 5.74) is 6.94. The maximum atomic E-state index is 11.0. The number of hydrazone groups is 1. The third-order valence-corrected chi connectivity index (χ3v) is 4.58. The molecule has 4 aromatic rings. The van der Waals surface area contributed by atoms with Crippen molar-refractivity contribution in [1.29, 1.82) is 0 Å². The number of fused-ring (bicyclic) bond motifs is 1. The molecule has 0 saturated carbocycles. The third kappa shape index (κ3) is 4.97. The Bertz CT molecular complexity index is 1300. The van der Waals surface area contributed by atoms with Crippen molar-refractivity contribution in [3.63, 3.8) is 0 Å². The Morgan fingerprint density at radius 2 is 1.81 bits per heavy atom. The minimum atomic E-state index is -0.436. The standard InChI is InChI=1S/C24H19N5O2/c1-17-9-12-20(13-10-17)26-24(23-14-11-19-6-2-3-8-22(19)27-23)28-25-16-18-5-4-7-21(15-18)29(30)31/h2-16H,1H3,(H,26,28). The van der Waals surface area contributed by atoms with Gasteiger partial charge in [0.15, 0.2) is 5.84 Å². The first kappa shape index (κ1) is 19.9. The number of amidine groups is 1. The molecule has 3 aromatic carbocycles. The van der Waals surface area contributed by atoms with E-state index in [1.165, 1.54) is 18.3 Å². The molecule has 0 saturated heterocycles. The number of benzene rings is 3. The molecule has 31 heavy (non-hydrogen) atoms. The lowest BCUT2D eigenvalue weighted by molar-refractivity contribution is -0.384. The largest absolute Gasteiger partial charge is 0.270 e. The van der Waals surface area contributed by atoms with Crippen LogP contribution in [0.2, 0.25) is 0 Å². The number of rotatable bonds is 5. The molecule has 152 valence electrons. The van der Waals surface area contributed by atoms with Crippen LogP contribution >= 0.6 is 0 Å². The quantitative estimate of drug-likeness (QED) is 0.213. The highest BCUT2D eigenvalue weighted by molar-refractivity contribution is 6.00. The Morgan fingerprint density at radius 3 is 2.61 bits per heavy atom. The molecular formula is C24H19N5O2. The number of hydrogen-bond acceptors (Lipinski definition) is 5. The van der Waals surface area contributed by atoms with Gasteiger partial charge in [-0.1, -0.05) is 54.1 Å². The molecule has 1 aromatic heterocycles. The minimum absolute atomic E-state index is 0.00805. The number of pyridine rings is 1. The van der Waals surface area contributed by atoms with Crippen LogP contribution in [0.1, 0.15) is 16.8 Å². The highest BCUT2D eigenvalue weighted by Crippen LogP contribution is 2.16. The summed E-state index contributed by atoms with van der Waals surface area (Å²) >= 11 is 0. The number of nitrogens with one attached hydrogen (secondary N) is 1. The van der Waals surface area contributed by atoms with E-state index in [1.807, 2.05) is 67.6 Å². The van der Waals surface area contributed by atoms with Gasteiger partial charge in [-0.15, -0.1) is 0 Å². The normalized spacial score (nSPS) is 11.7. The fourth-order valence-corrected chi connectivity index (χ4v) is 2.97. The zero-order valence-electron chi connectivity index (χ0n) is 16.8. The van der Waals surface area contributed by atoms with Crippen LogP contribution in [0.5, 0.6) is 0 Å². The molecule has 1 heterocycles. The van der Waals surface area contributed by atoms with Gasteiger partial charge in [-0.3, -0.25) is 15.5 Å². The number of nitro benzene ring substituents is 1. The molecule has 0 atom stereocenters. The Hall–Kier alpha value is -4.39. The molecule has 0 radical (unpaired) electrons. The highest BCUT2D eigenvalue weighted by atomic mass is 16.6. The van der Waals surface area contributed by atoms with Crippen molar-refractivity contribution in [3.05, 3.63) is 112 Å². The molecular weight excluding hydrogens is 390 g/mol. The van der Waals surface area contributed by atoms with Gasteiger partial charge in [0.05, 0.1) is 22.3 Å². The second kappa shape index (κ2) is 8.96. The number of nitro groups is 1. The first-order valence-corrected chi connectivity index (χ1v) is 9.63. The predicted molar refractivity (Wildman–Crippen MR) is 123 cm³/mol. The first-order chi connectivity index (χ1) is 15.1. The van der Waals surface area contributed by atoms with Crippen LogP contribution in [0.4, 0.5) is 11.4 Å². The summed E-state index contributed by atoms with van der Waals surface area (Å²) in [5.74, 6) is 0.469. The van der Waals surface area contributed by atoms with E-state index in [4.69, 9.17) is 4.98 Å². The lowest BCUT2D eigenvalue weighted by Crippen LogP contribution is -2.20. The van der Waals surface area contributed by atoms with Gasteiger partial charge in [0.1, 0.15) is 5.69 Å². The lowest BCUT2D eigenvalue weighted by Gasteiger charge is -2.07. The summed E-state index contributed by atoms with van der Waals surface area (Å²) in [4.78, 5) is 19.9. The molecule has 0 amide bonds. The Kier molecular flexibility index (Phi) is 5.75. The number of nitrogens with zero attached hydrogens (tertiary/aromatic N) is 4. The van der Waals surface area contributed by atoms with E-state index in [1.54, 1.807) is 12.1 Å². The molecule has 7 heteroatoms. The summed E-state index contributed by atoms with van der Waals surface area (Å²) < 4.78 is 0. The van der Waals surface area contributed by atoms with Crippen molar-refractivity contribution in [1.82, 2.24) is 10.4 Å². The second-order valence-corrected chi connectivity index (χ2v) is 6.91. The average Bonchev–Trinajstić information content (AvgIpc) is 2.79. The van der Waals surface area contributed by atoms with Crippen LogP contribution in [0.3, 0.4) is 0 Å². The van der Waals surface area contributed by atoms with E-state index >= 15 is 0 Å². The third-order valence-electron chi connectivity index (χ3n) is 4.58. The predicted octanol–water partition coefficient (Wildman–Crippen LogP) is 5.15. The SMILES string of the molecule is Cc1ccc(N=C(NN=Cc2cccc([N+](=O)[O-])c2)c2ccc3ccccc3n2)cc1. The number of para-hydroxylation sites is 1. The Labute approximate surface area is 179 Å². The summed E-state index contributed by atoms with van der Waals surface area (Å²) in [5, 5.41) is 16.2. The number of aliphatic imine (C=N–C) groups is 1. The van der Waals surface area contributed by atoms with E-state index in [0.717, 1.165) is 22.2 Å². The van der Waals surface area contributed by atoms with Crippen molar-refractivity contribution >= 4 is 34.3 Å². The molecule has 4 rings (SSSR count). The zero-order chi connectivity index (χ0) is 21.6. The molecule has 0 spiro atoms. The lowest BCUT2D eigenvalue weighted by atomic mass is 10.2. The monoisotopic (exact) mass is 409 g/mol. The molecule has 7 nitrogen and oxygen atoms in total. The maximum Gasteiger partial charge on any atom is 0.270 e. The van der Waals surface area contributed by atoms with Crippen molar-refractivity contribution in [2.24, 2.45) is 10.1 Å². The fourth-order valence-electron chi connectivity index (χ4n) is 2.97. The molecule has 0 fully saturated rings. The fraction of sp³-hybridized carbons (Fsp3) is 0.0417. The Balaban J connectivity index is 1.67. The molecule has 0 unspecified atom stereocenters.